The molecule has 0 spiro atoms. The van der Waals surface area contributed by atoms with Crippen molar-refractivity contribution in [1.29, 1.82) is 0 Å². The Morgan fingerprint density at radius 3 is 1.80 bits per heavy atom. The van der Waals surface area contributed by atoms with E-state index in [0.717, 1.165) is 0 Å². The van der Waals surface area contributed by atoms with Crippen LogP contribution >= 0.6 is 11.6 Å². The van der Waals surface area contributed by atoms with E-state index < -0.39 is 0 Å². The van der Waals surface area contributed by atoms with Crippen LogP contribution in [0.5, 0.6) is 0 Å². The highest BCUT2D eigenvalue weighted by Gasteiger charge is 1.81. The van der Waals surface area contributed by atoms with Crippen LogP contribution in [0.1, 0.15) is 20.4 Å². The molecule has 0 aliphatic heterocycles. The van der Waals surface area contributed by atoms with Crippen LogP contribution in [0.4, 0.5) is 0 Å². The summed E-state index contributed by atoms with van der Waals surface area (Å²) in [6.07, 6.45) is 0. The lowest BCUT2D eigenvalue weighted by Gasteiger charge is -1.88. The molecule has 0 aliphatic rings. The number of rotatable bonds is 1. The van der Waals surface area contributed by atoms with E-state index in [-0.39, 0.29) is 14.9 Å². The molecule has 0 heterocycles. The summed E-state index contributed by atoms with van der Waals surface area (Å²) in [4.78, 5) is 0. The van der Waals surface area contributed by atoms with Gasteiger partial charge in [0.25, 0.3) is 0 Å². The van der Waals surface area contributed by atoms with Gasteiger partial charge in [-0.3, -0.25) is 0 Å². The quantitative estimate of drug-likeness (QED) is 0.547. The third-order valence-electron chi connectivity index (χ3n) is 0.997. The summed E-state index contributed by atoms with van der Waals surface area (Å²) in [5.41, 5.74) is 1.18. The Morgan fingerprint density at radius 1 is 1.00 bits per heavy atom. The average molecular weight is 159 g/mol. The van der Waals surface area contributed by atoms with Crippen LogP contribution in [0, 0.1) is 0 Å². The van der Waals surface area contributed by atoms with Crippen LogP contribution in [0.25, 0.3) is 0 Å². The van der Waals surface area contributed by atoms with Gasteiger partial charge in [-0.2, -0.15) is 0 Å². The van der Waals surface area contributed by atoms with Gasteiger partial charge in [0.15, 0.2) is 0 Å². The molecule has 1 aromatic rings. The summed E-state index contributed by atoms with van der Waals surface area (Å²) in [6, 6.07) is 9.96. The van der Waals surface area contributed by atoms with E-state index >= 15 is 0 Å². The van der Waals surface area contributed by atoms with Gasteiger partial charge < -0.3 is 0 Å². The maximum Gasteiger partial charge on any atom is 0.0474 e. The van der Waals surface area contributed by atoms with Crippen LogP contribution < -0.4 is 0 Å². The van der Waals surface area contributed by atoms with Crippen LogP contribution in [-0.2, 0) is 5.88 Å². The van der Waals surface area contributed by atoms with E-state index in [1.165, 1.54) is 5.56 Å². The molecule has 0 nitrogen and oxygen atoms in total. The Hall–Kier alpha value is -0.490. The predicted molar refractivity (Wildman–Crippen MR) is 49.5 cm³/mol. The highest BCUT2D eigenvalue weighted by Crippen LogP contribution is 2.00. The molecule has 0 fully saturated rings. The summed E-state index contributed by atoms with van der Waals surface area (Å²) in [5, 5.41) is 0. The molecule has 0 amide bonds. The first-order valence-electron chi connectivity index (χ1n) is 2.53. The van der Waals surface area contributed by atoms with E-state index in [2.05, 4.69) is 0 Å². The van der Waals surface area contributed by atoms with Crippen molar-refractivity contribution in [2.24, 2.45) is 0 Å². The molecule has 1 aromatic carbocycles. The molecule has 0 bridgehead atoms. The van der Waals surface area contributed by atoms with Crippen molar-refractivity contribution in [1.82, 2.24) is 0 Å². The first kappa shape index (κ1) is 12.2. The molecular formula is C9H15Cl. The summed E-state index contributed by atoms with van der Waals surface area (Å²) < 4.78 is 0. The minimum absolute atomic E-state index is 0. The fourth-order valence-electron chi connectivity index (χ4n) is 0.567. The third-order valence-corrected chi connectivity index (χ3v) is 1.31. The molecule has 0 unspecified atom stereocenters. The number of hydrogen-bond acceptors (Lipinski definition) is 0. The lowest BCUT2D eigenvalue weighted by Crippen LogP contribution is -1.71. The maximum atomic E-state index is 5.53. The average Bonchev–Trinajstić information content (AvgIpc) is 1.90. The van der Waals surface area contributed by atoms with Crippen molar-refractivity contribution in [3.63, 3.8) is 0 Å². The minimum Gasteiger partial charge on any atom is -0.122 e. The van der Waals surface area contributed by atoms with Crippen molar-refractivity contribution in [3.8, 4) is 0 Å². The molecule has 0 aromatic heterocycles. The second kappa shape index (κ2) is 6.63. The van der Waals surface area contributed by atoms with E-state index in [1.807, 2.05) is 30.3 Å². The Balaban J connectivity index is 0. The second-order valence-corrected chi connectivity index (χ2v) is 1.89. The lowest BCUT2D eigenvalue weighted by atomic mass is 10.2. The third kappa shape index (κ3) is 3.52. The first-order chi connectivity index (χ1) is 3.93. The minimum atomic E-state index is 0. The number of halogens is 1. The van der Waals surface area contributed by atoms with Gasteiger partial charge in [0, 0.05) is 5.88 Å². The molecule has 10 heavy (non-hydrogen) atoms. The number of hydrogen-bond donors (Lipinski definition) is 0. The van der Waals surface area contributed by atoms with E-state index in [4.69, 9.17) is 11.6 Å². The zero-order valence-corrected chi connectivity index (χ0v) is 5.23. The van der Waals surface area contributed by atoms with Gasteiger partial charge in [-0.15, -0.1) is 11.6 Å². The van der Waals surface area contributed by atoms with Crippen molar-refractivity contribution >= 4 is 11.6 Å². The van der Waals surface area contributed by atoms with Crippen LogP contribution in [0.3, 0.4) is 0 Å². The van der Waals surface area contributed by atoms with Crippen molar-refractivity contribution < 1.29 is 0 Å². The topological polar surface area (TPSA) is 0 Å². The molecule has 0 saturated heterocycles. The van der Waals surface area contributed by atoms with E-state index in [1.54, 1.807) is 0 Å². The molecular weight excluding hydrogens is 144 g/mol. The number of benzene rings is 1. The SMILES string of the molecule is C.C.ClCc1ccccc1. The predicted octanol–water partition coefficient (Wildman–Crippen LogP) is 3.70. The zero-order valence-electron chi connectivity index (χ0n) is 4.47. The molecule has 0 saturated carbocycles. The Kier molecular flexibility index (Phi) is 8.09. The van der Waals surface area contributed by atoms with Crippen LogP contribution in [-0.4, -0.2) is 0 Å². The standard InChI is InChI=1S/C7H7Cl.2CH4/c8-6-7-4-2-1-3-5-7;;/h1-5H,6H2;2*1H4. The van der Waals surface area contributed by atoms with Crippen LogP contribution in [0.15, 0.2) is 30.3 Å². The Morgan fingerprint density at radius 2 is 1.50 bits per heavy atom. The summed E-state index contributed by atoms with van der Waals surface area (Å²) in [6.45, 7) is 0. The molecule has 0 aliphatic carbocycles. The smallest absolute Gasteiger partial charge is 0.0474 e. The largest absolute Gasteiger partial charge is 0.122 e. The molecule has 0 atom stereocenters. The number of alkyl halides is 1. The molecule has 0 radical (unpaired) electrons. The molecule has 1 heteroatoms. The van der Waals surface area contributed by atoms with Gasteiger partial charge in [-0.1, -0.05) is 45.2 Å². The molecule has 58 valence electrons. The normalized spacial score (nSPS) is 7.30. The van der Waals surface area contributed by atoms with Crippen LogP contribution in [0.2, 0.25) is 0 Å². The van der Waals surface area contributed by atoms with Gasteiger partial charge in [0.1, 0.15) is 0 Å². The van der Waals surface area contributed by atoms with Crippen molar-refractivity contribution in [2.45, 2.75) is 20.7 Å². The Labute approximate surface area is 68.8 Å². The lowest BCUT2D eigenvalue weighted by molar-refractivity contribution is 1.41. The maximum absolute atomic E-state index is 5.53. The second-order valence-electron chi connectivity index (χ2n) is 1.62. The van der Waals surface area contributed by atoms with Crippen molar-refractivity contribution in [3.05, 3.63) is 35.9 Å². The van der Waals surface area contributed by atoms with Gasteiger partial charge in [-0.25, -0.2) is 0 Å². The van der Waals surface area contributed by atoms with Gasteiger partial charge >= 0.3 is 0 Å². The first-order valence-corrected chi connectivity index (χ1v) is 3.07. The highest BCUT2D eigenvalue weighted by atomic mass is 35.5. The fourth-order valence-corrected chi connectivity index (χ4v) is 0.745. The van der Waals surface area contributed by atoms with E-state index in [9.17, 15) is 0 Å². The van der Waals surface area contributed by atoms with Gasteiger partial charge in [0.05, 0.1) is 0 Å². The fraction of sp³-hybridized carbons (Fsp3) is 0.333. The van der Waals surface area contributed by atoms with E-state index in [0.29, 0.717) is 5.88 Å². The van der Waals surface area contributed by atoms with Gasteiger partial charge in [0.2, 0.25) is 0 Å². The van der Waals surface area contributed by atoms with Crippen molar-refractivity contribution in [2.75, 3.05) is 0 Å². The van der Waals surface area contributed by atoms with Gasteiger partial charge in [-0.05, 0) is 5.56 Å². The molecule has 1 rings (SSSR count). The summed E-state index contributed by atoms with van der Waals surface area (Å²) >= 11 is 5.53. The Bertz CT molecular complexity index is 146. The summed E-state index contributed by atoms with van der Waals surface area (Å²) in [5.74, 6) is 0.612. The molecule has 0 N–H and O–H groups in total. The highest BCUT2D eigenvalue weighted by molar-refractivity contribution is 6.17. The summed E-state index contributed by atoms with van der Waals surface area (Å²) in [7, 11) is 0. The zero-order chi connectivity index (χ0) is 5.82. The monoisotopic (exact) mass is 158 g/mol.